The molecule has 4 rings (SSSR count). The molecule has 0 saturated carbocycles. The molecule has 1 saturated heterocycles. The number of hydrogen-bond acceptors (Lipinski definition) is 7. The Bertz CT molecular complexity index is 1460. The number of hydrogen-bond donors (Lipinski definition) is 1. The van der Waals surface area contributed by atoms with Gasteiger partial charge in [-0.25, -0.2) is 23.7 Å². The Hall–Kier alpha value is -4.15. The second-order valence-corrected chi connectivity index (χ2v) is 9.45. The number of ether oxygens (including phenoxy) is 1. The smallest absolute Gasteiger partial charge is 0.408 e. The number of nitrogens with zero attached hydrogens (tertiary/aromatic N) is 6. The van der Waals surface area contributed by atoms with Crippen molar-refractivity contribution in [2.75, 3.05) is 37.0 Å². The minimum Gasteiger partial charge on any atom is -0.428 e. The first-order chi connectivity index (χ1) is 18.9. The zero-order chi connectivity index (χ0) is 27.9. The predicted molar refractivity (Wildman–Crippen MR) is 150 cm³/mol. The summed E-state index contributed by atoms with van der Waals surface area (Å²) in [7, 11) is 3.37. The summed E-state index contributed by atoms with van der Waals surface area (Å²) in [4.78, 5) is 37.8. The maximum Gasteiger partial charge on any atom is 0.408 e. The van der Waals surface area contributed by atoms with Crippen LogP contribution in [0.4, 0.5) is 21.1 Å². The topological polar surface area (TPSA) is 97.5 Å². The lowest BCUT2D eigenvalue weighted by atomic mass is 10.0. The molecule has 1 amide bonds. The highest BCUT2D eigenvalue weighted by molar-refractivity contribution is 5.66. The zero-order valence-electron chi connectivity index (χ0n) is 22.9. The third-order valence-electron chi connectivity index (χ3n) is 6.99. The van der Waals surface area contributed by atoms with Crippen molar-refractivity contribution in [3.63, 3.8) is 0 Å². The minimum atomic E-state index is -0.618. The average molecular weight is 538 g/mol. The fourth-order valence-corrected chi connectivity index (χ4v) is 4.90. The van der Waals surface area contributed by atoms with Gasteiger partial charge in [-0.3, -0.25) is 4.79 Å². The van der Waals surface area contributed by atoms with E-state index in [1.807, 2.05) is 37.1 Å². The van der Waals surface area contributed by atoms with E-state index in [-0.39, 0.29) is 24.1 Å². The normalized spacial score (nSPS) is 15.1. The average Bonchev–Trinajstić information content (AvgIpc) is 3.29. The summed E-state index contributed by atoms with van der Waals surface area (Å²) in [5.74, 6) is 1.09. The van der Waals surface area contributed by atoms with Crippen molar-refractivity contribution in [1.29, 1.82) is 0 Å². The van der Waals surface area contributed by atoms with E-state index < -0.39 is 6.09 Å². The number of imidazole rings is 1. The Kier molecular flexibility index (Phi) is 9.00. The largest absolute Gasteiger partial charge is 0.428 e. The van der Waals surface area contributed by atoms with E-state index in [0.29, 0.717) is 12.5 Å². The molecule has 0 spiro atoms. The second-order valence-electron chi connectivity index (χ2n) is 9.45. The summed E-state index contributed by atoms with van der Waals surface area (Å²) >= 11 is 0. The molecule has 2 aromatic heterocycles. The molecule has 0 aliphatic carbocycles. The first kappa shape index (κ1) is 27.9. The number of carbonyl (C=O) groups is 1. The van der Waals surface area contributed by atoms with E-state index in [2.05, 4.69) is 32.8 Å². The van der Waals surface area contributed by atoms with Crippen molar-refractivity contribution in [1.82, 2.24) is 24.4 Å². The first-order valence-corrected chi connectivity index (χ1v) is 13.2. The molecule has 3 aromatic rings. The van der Waals surface area contributed by atoms with Gasteiger partial charge in [-0.05, 0) is 43.9 Å². The van der Waals surface area contributed by atoms with Crippen molar-refractivity contribution < 1.29 is 13.9 Å². The van der Waals surface area contributed by atoms with Crippen molar-refractivity contribution in [2.45, 2.75) is 52.4 Å². The first-order valence-electron chi connectivity index (χ1n) is 13.2. The molecule has 1 N–H and O–H groups in total. The molecule has 0 radical (unpaired) electrons. The van der Waals surface area contributed by atoms with E-state index >= 15 is 0 Å². The Labute approximate surface area is 227 Å². The molecule has 1 aromatic carbocycles. The molecule has 0 atom stereocenters. The fourth-order valence-electron chi connectivity index (χ4n) is 4.90. The van der Waals surface area contributed by atoms with Crippen LogP contribution in [0.5, 0.6) is 0 Å². The third-order valence-corrected chi connectivity index (χ3v) is 6.99. The van der Waals surface area contributed by atoms with Gasteiger partial charge in [0.15, 0.2) is 6.73 Å². The van der Waals surface area contributed by atoms with Crippen LogP contribution in [0.3, 0.4) is 0 Å². The number of benzene rings is 1. The molecular formula is C28H36FN7O3. The van der Waals surface area contributed by atoms with Crippen LogP contribution in [-0.2, 0) is 18.0 Å². The molecule has 1 fully saturated rings. The number of alkyl carbamates (subject to hydrolysis) is 1. The Morgan fingerprint density at radius 2 is 1.92 bits per heavy atom. The third kappa shape index (κ3) is 6.30. The maximum absolute atomic E-state index is 13.5. The highest BCUT2D eigenvalue weighted by Crippen LogP contribution is 2.23. The van der Waals surface area contributed by atoms with Gasteiger partial charge >= 0.3 is 6.09 Å². The maximum atomic E-state index is 13.5. The van der Waals surface area contributed by atoms with Crippen LogP contribution in [-0.4, -0.2) is 58.4 Å². The lowest BCUT2D eigenvalue weighted by Crippen LogP contribution is -2.46. The quantitative estimate of drug-likeness (QED) is 0.470. The van der Waals surface area contributed by atoms with Gasteiger partial charge in [0.1, 0.15) is 5.82 Å². The van der Waals surface area contributed by atoms with Gasteiger partial charge < -0.3 is 24.4 Å². The number of halogens is 1. The Balaban J connectivity index is 1.56. The number of amides is 1. The van der Waals surface area contributed by atoms with Crippen LogP contribution in [0.25, 0.3) is 12.2 Å². The number of carbonyl (C=O) groups excluding carboxylic acids is 1. The molecule has 10 nitrogen and oxygen atoms in total. The van der Waals surface area contributed by atoms with E-state index in [9.17, 15) is 14.0 Å². The summed E-state index contributed by atoms with van der Waals surface area (Å²) in [6, 6.07) is 8.07. The fraction of sp³-hybridized carbons (Fsp3) is 0.429. The summed E-state index contributed by atoms with van der Waals surface area (Å²) in [5.41, 5.74) is 0.712. The lowest BCUT2D eigenvalue weighted by Gasteiger charge is -2.38. The molecular weight excluding hydrogens is 501 g/mol. The number of nitrogens with one attached hydrogen (secondary N) is 1. The lowest BCUT2D eigenvalue weighted by molar-refractivity contribution is 0.114. The van der Waals surface area contributed by atoms with E-state index in [1.54, 1.807) is 0 Å². The van der Waals surface area contributed by atoms with Crippen LogP contribution < -0.4 is 31.4 Å². The second kappa shape index (κ2) is 12.6. The highest BCUT2D eigenvalue weighted by Gasteiger charge is 2.27. The van der Waals surface area contributed by atoms with Gasteiger partial charge in [0.25, 0.3) is 5.56 Å². The molecule has 0 bridgehead atoms. The van der Waals surface area contributed by atoms with Crippen LogP contribution in [0.1, 0.15) is 38.7 Å². The summed E-state index contributed by atoms with van der Waals surface area (Å²) in [5, 5.41) is 4.38. The number of anilines is 2. The molecule has 0 unspecified atom stereocenters. The van der Waals surface area contributed by atoms with Gasteiger partial charge in [-0.15, -0.1) is 0 Å². The van der Waals surface area contributed by atoms with Crippen molar-refractivity contribution in [3.8, 4) is 0 Å². The van der Waals surface area contributed by atoms with E-state index in [4.69, 9.17) is 9.72 Å². The number of aromatic nitrogens is 4. The summed E-state index contributed by atoms with van der Waals surface area (Å²) in [6.07, 6.45) is 7.56. The number of piperidine rings is 1. The SMILES string of the molecule is C/C=c1/nc(N2CCC(N(C)c3nccc(=O)n3COC(=O)NC)CC2)n(Cc2ccc(F)cc2)/c1=C/CC. The minimum absolute atomic E-state index is 0.126. The Morgan fingerprint density at radius 3 is 2.56 bits per heavy atom. The molecule has 3 heterocycles. The molecule has 11 heteroatoms. The van der Waals surface area contributed by atoms with Gasteiger partial charge in [0.05, 0.1) is 17.2 Å². The van der Waals surface area contributed by atoms with Gasteiger partial charge in [-0.1, -0.05) is 31.2 Å². The van der Waals surface area contributed by atoms with E-state index in [0.717, 1.165) is 54.6 Å². The van der Waals surface area contributed by atoms with Crippen molar-refractivity contribution >= 4 is 30.1 Å². The van der Waals surface area contributed by atoms with Crippen molar-refractivity contribution in [2.24, 2.45) is 0 Å². The van der Waals surface area contributed by atoms with Gasteiger partial charge in [0.2, 0.25) is 11.9 Å². The highest BCUT2D eigenvalue weighted by atomic mass is 19.1. The molecule has 39 heavy (non-hydrogen) atoms. The predicted octanol–water partition coefficient (Wildman–Crippen LogP) is 2.04. The summed E-state index contributed by atoms with van der Waals surface area (Å²) < 4.78 is 22.2. The molecule has 208 valence electrons. The molecule has 1 aliphatic rings. The molecule has 1 aliphatic heterocycles. The number of rotatable bonds is 8. The van der Waals surface area contributed by atoms with Crippen LogP contribution in [0.15, 0.2) is 41.3 Å². The Morgan fingerprint density at radius 1 is 1.21 bits per heavy atom. The van der Waals surface area contributed by atoms with Crippen molar-refractivity contribution in [3.05, 3.63) is 69.0 Å². The standard InChI is InChI=1S/C28H36FN7O3/c1-5-7-24-23(6-2)32-27(35(24)18-20-8-10-21(29)11-9-20)34-16-13-22(14-17-34)33(4)26-31-15-12-25(37)36(26)19-39-28(38)30-3/h6-12,15,22H,5,13-14,16-19H2,1-4H3,(H,30,38)/b23-6+,24-7+. The van der Waals surface area contributed by atoms with Gasteiger partial charge in [-0.2, -0.15) is 0 Å². The van der Waals surface area contributed by atoms with Crippen LogP contribution in [0, 0.1) is 5.82 Å². The summed E-state index contributed by atoms with van der Waals surface area (Å²) in [6.45, 7) is 5.98. The van der Waals surface area contributed by atoms with Crippen LogP contribution >= 0.6 is 0 Å². The van der Waals surface area contributed by atoms with Gasteiger partial charge in [0, 0.05) is 45.5 Å². The van der Waals surface area contributed by atoms with Crippen LogP contribution in [0.2, 0.25) is 0 Å². The van der Waals surface area contributed by atoms with E-state index in [1.165, 1.54) is 36.0 Å². The monoisotopic (exact) mass is 537 g/mol. The zero-order valence-corrected chi connectivity index (χ0v) is 22.9.